The Hall–Kier alpha value is -4.08. The number of methoxy groups -OCH3 is 4. The van der Waals surface area contributed by atoms with Crippen LogP contribution in [-0.2, 0) is 4.74 Å². The van der Waals surface area contributed by atoms with Crippen molar-refractivity contribution in [3.05, 3.63) is 34.2 Å². The molecule has 0 amide bonds. The molecule has 3 rings (SSSR count). The molecule has 0 fully saturated rings. The normalized spacial score (nSPS) is 10.7. The van der Waals surface area contributed by atoms with Gasteiger partial charge in [-0.3, -0.25) is 4.79 Å². The molecular formula is C22H22O10. The van der Waals surface area contributed by atoms with Gasteiger partial charge in [-0.05, 0) is 24.6 Å². The van der Waals surface area contributed by atoms with Gasteiger partial charge in [-0.2, -0.15) is 0 Å². The van der Waals surface area contributed by atoms with E-state index in [-0.39, 0.29) is 51.7 Å². The van der Waals surface area contributed by atoms with Crippen LogP contribution in [0.25, 0.3) is 22.1 Å². The first kappa shape index (κ1) is 22.6. The Balaban J connectivity index is 2.51. The zero-order valence-electron chi connectivity index (χ0n) is 18.1. The monoisotopic (exact) mass is 446 g/mol. The van der Waals surface area contributed by atoms with Crippen LogP contribution in [-0.4, -0.2) is 51.2 Å². The molecule has 0 bridgehead atoms. The standard InChI is InChI=1S/C22H22O10/c1-6-31-22(26)21-15(10-7-13(27-2)19(30-5)14(8-10)28-3)17(25)16-11(23)9-12(24)18(29-4)20(16)32-21/h7-9,23-24H,6H2,1-5H3. The van der Waals surface area contributed by atoms with Crippen LogP contribution >= 0.6 is 0 Å². The number of fused-ring (bicyclic) bond motifs is 1. The summed E-state index contributed by atoms with van der Waals surface area (Å²) < 4.78 is 31.8. The van der Waals surface area contributed by atoms with E-state index in [0.717, 1.165) is 6.07 Å². The van der Waals surface area contributed by atoms with Gasteiger partial charge in [0.15, 0.2) is 22.8 Å². The van der Waals surface area contributed by atoms with E-state index < -0.39 is 28.7 Å². The van der Waals surface area contributed by atoms with Gasteiger partial charge in [-0.25, -0.2) is 4.79 Å². The van der Waals surface area contributed by atoms with Crippen molar-refractivity contribution in [3.8, 4) is 45.6 Å². The minimum absolute atomic E-state index is 0.0116. The minimum atomic E-state index is -0.930. The van der Waals surface area contributed by atoms with Gasteiger partial charge in [0.25, 0.3) is 0 Å². The third-order valence-corrected chi connectivity index (χ3v) is 4.70. The molecule has 0 aliphatic rings. The summed E-state index contributed by atoms with van der Waals surface area (Å²) in [6, 6.07) is 3.86. The lowest BCUT2D eigenvalue weighted by Gasteiger charge is -2.16. The second kappa shape index (κ2) is 8.96. The van der Waals surface area contributed by atoms with Crippen LogP contribution in [0.15, 0.2) is 27.4 Å². The van der Waals surface area contributed by atoms with E-state index >= 15 is 0 Å². The average molecular weight is 446 g/mol. The molecule has 0 saturated heterocycles. The van der Waals surface area contributed by atoms with Crippen LogP contribution < -0.4 is 24.4 Å². The van der Waals surface area contributed by atoms with E-state index in [9.17, 15) is 19.8 Å². The summed E-state index contributed by atoms with van der Waals surface area (Å²) in [5.41, 5.74) is -1.10. The fourth-order valence-corrected chi connectivity index (χ4v) is 3.34. The van der Waals surface area contributed by atoms with E-state index in [2.05, 4.69) is 0 Å². The van der Waals surface area contributed by atoms with Crippen molar-refractivity contribution >= 4 is 16.9 Å². The van der Waals surface area contributed by atoms with Crippen molar-refractivity contribution in [1.29, 1.82) is 0 Å². The van der Waals surface area contributed by atoms with Gasteiger partial charge in [0.2, 0.25) is 22.7 Å². The number of esters is 1. The Kier molecular flexibility index (Phi) is 6.33. The summed E-state index contributed by atoms with van der Waals surface area (Å²) >= 11 is 0. The van der Waals surface area contributed by atoms with Crippen LogP contribution in [0.4, 0.5) is 0 Å². The fraction of sp³-hybridized carbons (Fsp3) is 0.273. The molecular weight excluding hydrogens is 424 g/mol. The largest absolute Gasteiger partial charge is 0.507 e. The summed E-state index contributed by atoms with van der Waals surface area (Å²) in [5.74, 6) is -1.92. The van der Waals surface area contributed by atoms with Crippen molar-refractivity contribution in [2.45, 2.75) is 6.92 Å². The third-order valence-electron chi connectivity index (χ3n) is 4.70. The molecule has 2 aromatic carbocycles. The molecule has 0 aliphatic heterocycles. The molecule has 0 radical (unpaired) electrons. The van der Waals surface area contributed by atoms with E-state index in [1.54, 1.807) is 6.92 Å². The molecule has 170 valence electrons. The number of hydrogen-bond donors (Lipinski definition) is 2. The first-order chi connectivity index (χ1) is 15.3. The number of ether oxygens (including phenoxy) is 5. The maximum atomic E-state index is 13.5. The van der Waals surface area contributed by atoms with Gasteiger partial charge in [-0.15, -0.1) is 0 Å². The molecule has 32 heavy (non-hydrogen) atoms. The van der Waals surface area contributed by atoms with Gasteiger partial charge in [-0.1, -0.05) is 0 Å². The Morgan fingerprint density at radius 2 is 1.50 bits per heavy atom. The first-order valence-corrected chi connectivity index (χ1v) is 9.40. The molecule has 0 aliphatic carbocycles. The zero-order chi connectivity index (χ0) is 23.6. The van der Waals surface area contributed by atoms with E-state index in [1.165, 1.54) is 40.6 Å². The lowest BCUT2D eigenvalue weighted by molar-refractivity contribution is 0.0491. The van der Waals surface area contributed by atoms with E-state index in [1.807, 2.05) is 0 Å². The van der Waals surface area contributed by atoms with E-state index in [0.29, 0.717) is 0 Å². The number of aromatic hydroxyl groups is 2. The smallest absolute Gasteiger partial charge is 0.375 e. The van der Waals surface area contributed by atoms with Crippen LogP contribution in [0.1, 0.15) is 17.5 Å². The highest BCUT2D eigenvalue weighted by molar-refractivity contribution is 6.01. The highest BCUT2D eigenvalue weighted by atomic mass is 16.5. The molecule has 1 heterocycles. The number of carbonyl (C=O) groups is 1. The summed E-state index contributed by atoms with van der Waals surface area (Å²) in [5, 5.41) is 20.2. The Morgan fingerprint density at radius 1 is 0.906 bits per heavy atom. The zero-order valence-corrected chi connectivity index (χ0v) is 18.1. The maximum absolute atomic E-state index is 13.5. The van der Waals surface area contributed by atoms with Gasteiger partial charge in [0, 0.05) is 6.07 Å². The summed E-state index contributed by atoms with van der Waals surface area (Å²) in [7, 11) is 5.46. The molecule has 0 unspecified atom stereocenters. The molecule has 10 heteroatoms. The average Bonchev–Trinajstić information content (AvgIpc) is 2.77. The van der Waals surface area contributed by atoms with E-state index in [4.69, 9.17) is 28.1 Å². The Morgan fingerprint density at radius 3 is 2.00 bits per heavy atom. The summed E-state index contributed by atoms with van der Waals surface area (Å²) in [6.45, 7) is 1.60. The first-order valence-electron chi connectivity index (χ1n) is 9.40. The number of rotatable bonds is 7. The summed E-state index contributed by atoms with van der Waals surface area (Å²) in [4.78, 5) is 26.3. The van der Waals surface area contributed by atoms with Crippen LogP contribution in [0.5, 0.6) is 34.5 Å². The van der Waals surface area contributed by atoms with Gasteiger partial charge >= 0.3 is 5.97 Å². The quantitative estimate of drug-likeness (QED) is 0.521. The number of hydrogen-bond acceptors (Lipinski definition) is 10. The highest BCUT2D eigenvalue weighted by Gasteiger charge is 2.29. The van der Waals surface area contributed by atoms with Crippen molar-refractivity contribution in [1.82, 2.24) is 0 Å². The van der Waals surface area contributed by atoms with Crippen molar-refractivity contribution in [2.24, 2.45) is 0 Å². The van der Waals surface area contributed by atoms with Gasteiger partial charge < -0.3 is 38.3 Å². The van der Waals surface area contributed by atoms with Crippen LogP contribution in [0.2, 0.25) is 0 Å². The second-order valence-electron chi connectivity index (χ2n) is 6.42. The lowest BCUT2D eigenvalue weighted by Crippen LogP contribution is -2.15. The predicted octanol–water partition coefficient (Wildman–Crippen LogP) is 3.08. The number of phenolic OH excluding ortho intramolecular Hbond substituents is 2. The van der Waals surface area contributed by atoms with Gasteiger partial charge in [0.1, 0.15) is 11.1 Å². The van der Waals surface area contributed by atoms with Crippen LogP contribution in [0.3, 0.4) is 0 Å². The Bertz CT molecular complexity index is 1220. The van der Waals surface area contributed by atoms with Crippen molar-refractivity contribution < 1.29 is 43.1 Å². The van der Waals surface area contributed by atoms with Crippen LogP contribution in [0, 0.1) is 0 Å². The van der Waals surface area contributed by atoms with Gasteiger partial charge in [0.05, 0.1) is 40.6 Å². The molecule has 2 N–H and O–H groups in total. The molecule has 0 atom stereocenters. The third kappa shape index (κ3) is 3.59. The highest BCUT2D eigenvalue weighted by Crippen LogP contribution is 2.44. The number of phenols is 2. The fourth-order valence-electron chi connectivity index (χ4n) is 3.34. The van der Waals surface area contributed by atoms with Crippen molar-refractivity contribution in [2.75, 3.05) is 35.0 Å². The molecule has 3 aromatic rings. The maximum Gasteiger partial charge on any atom is 0.375 e. The SMILES string of the molecule is CCOC(=O)c1oc2c(OC)c(O)cc(O)c2c(=O)c1-c1cc(OC)c(OC)c(OC)c1. The summed E-state index contributed by atoms with van der Waals surface area (Å²) in [6.07, 6.45) is 0. The molecule has 0 saturated carbocycles. The Labute approximate surface area is 182 Å². The molecule has 0 spiro atoms. The minimum Gasteiger partial charge on any atom is -0.507 e. The number of benzene rings is 2. The second-order valence-corrected chi connectivity index (χ2v) is 6.42. The number of carbonyl (C=O) groups excluding carboxylic acids is 1. The predicted molar refractivity (Wildman–Crippen MR) is 113 cm³/mol. The molecule has 10 nitrogen and oxygen atoms in total. The topological polar surface area (TPSA) is 134 Å². The van der Waals surface area contributed by atoms with Crippen molar-refractivity contribution in [3.63, 3.8) is 0 Å². The lowest BCUT2D eigenvalue weighted by atomic mass is 10.00. The molecule has 1 aromatic heterocycles.